The number of ether oxygens (including phenoxy) is 1. The van der Waals surface area contributed by atoms with E-state index in [2.05, 4.69) is 42.2 Å². The van der Waals surface area contributed by atoms with Crippen LogP contribution in [0.4, 0.5) is 0 Å². The highest BCUT2D eigenvalue weighted by atomic mass is 16.5. The Morgan fingerprint density at radius 1 is 1.27 bits per heavy atom. The topological polar surface area (TPSA) is 49.8 Å². The van der Waals surface area contributed by atoms with Crippen molar-refractivity contribution < 1.29 is 14.6 Å². The third-order valence-electron chi connectivity index (χ3n) is 5.04. The average Bonchev–Trinajstić information content (AvgIpc) is 2.64. The van der Waals surface area contributed by atoms with Gasteiger partial charge in [0.15, 0.2) is 0 Å². The third kappa shape index (κ3) is 4.07. The molecule has 2 unspecified atom stereocenters. The molecule has 0 amide bonds. The molecule has 0 saturated carbocycles. The minimum atomic E-state index is -0.698. The molecule has 1 heterocycles. The Kier molecular flexibility index (Phi) is 5.94. The molecule has 138 valence electrons. The van der Waals surface area contributed by atoms with E-state index in [0.29, 0.717) is 13.2 Å². The largest absolute Gasteiger partial charge is 0.494 e. The second kappa shape index (κ2) is 8.37. The van der Waals surface area contributed by atoms with Crippen LogP contribution in [0.3, 0.4) is 0 Å². The molecule has 2 atom stereocenters. The van der Waals surface area contributed by atoms with E-state index in [4.69, 9.17) is 4.74 Å². The summed E-state index contributed by atoms with van der Waals surface area (Å²) >= 11 is 0. The van der Waals surface area contributed by atoms with Crippen molar-refractivity contribution >= 4 is 5.97 Å². The number of para-hydroxylation sites is 1. The summed E-state index contributed by atoms with van der Waals surface area (Å²) in [5.74, 6) is -0.134. The maximum absolute atomic E-state index is 11.6. The van der Waals surface area contributed by atoms with Gasteiger partial charge in [-0.25, -0.2) is 0 Å². The number of aryl methyl sites for hydroxylation is 1. The van der Waals surface area contributed by atoms with Crippen molar-refractivity contribution in [3.8, 4) is 5.75 Å². The van der Waals surface area contributed by atoms with E-state index in [0.717, 1.165) is 30.7 Å². The summed E-state index contributed by atoms with van der Waals surface area (Å²) in [4.78, 5) is 13.9. The van der Waals surface area contributed by atoms with Crippen LogP contribution >= 0.6 is 0 Å². The zero-order valence-electron chi connectivity index (χ0n) is 15.5. The fraction of sp³-hybridized carbons (Fsp3) is 0.409. The van der Waals surface area contributed by atoms with Crippen molar-refractivity contribution in [2.75, 3.05) is 19.7 Å². The Morgan fingerprint density at radius 3 is 2.81 bits per heavy atom. The number of aliphatic carboxylic acids is 1. The predicted molar refractivity (Wildman–Crippen MR) is 103 cm³/mol. The summed E-state index contributed by atoms with van der Waals surface area (Å²) in [6.07, 6.45) is 1.65. The number of nitrogens with zero attached hydrogens (tertiary/aromatic N) is 1. The monoisotopic (exact) mass is 353 g/mol. The molecule has 2 aromatic carbocycles. The van der Waals surface area contributed by atoms with Gasteiger partial charge in [0, 0.05) is 12.1 Å². The zero-order valence-corrected chi connectivity index (χ0v) is 15.5. The number of carboxylic acids is 1. The van der Waals surface area contributed by atoms with E-state index in [-0.39, 0.29) is 12.0 Å². The molecule has 0 bridgehead atoms. The summed E-state index contributed by atoms with van der Waals surface area (Å²) in [7, 11) is 0. The summed E-state index contributed by atoms with van der Waals surface area (Å²) in [6, 6.07) is 16.6. The van der Waals surface area contributed by atoms with Gasteiger partial charge in [-0.2, -0.15) is 0 Å². The first kappa shape index (κ1) is 18.5. The lowest BCUT2D eigenvalue weighted by molar-refractivity contribution is -0.143. The van der Waals surface area contributed by atoms with Gasteiger partial charge < -0.3 is 9.84 Å². The standard InChI is InChI=1S/C22H27NO3/c1-3-26-20-12-5-4-11-19(20)21(17-9-6-8-16(2)14-17)23-13-7-10-18(15-23)22(24)25/h4-6,8-9,11-12,14,18,21H,3,7,10,13,15H2,1-2H3,(H,24,25). The molecule has 1 fully saturated rings. The fourth-order valence-corrected chi connectivity index (χ4v) is 3.86. The van der Waals surface area contributed by atoms with Gasteiger partial charge in [0.2, 0.25) is 0 Å². The Bertz CT molecular complexity index is 759. The van der Waals surface area contributed by atoms with E-state index in [1.165, 1.54) is 11.1 Å². The van der Waals surface area contributed by atoms with Crippen LogP contribution < -0.4 is 4.74 Å². The van der Waals surface area contributed by atoms with E-state index in [1.807, 2.05) is 25.1 Å². The number of carboxylic acid groups (broad SMARTS) is 1. The SMILES string of the molecule is CCOc1ccccc1C(c1cccc(C)c1)N1CCCC(C(=O)O)C1. The van der Waals surface area contributed by atoms with Crippen LogP contribution in [0, 0.1) is 12.8 Å². The number of hydrogen-bond donors (Lipinski definition) is 1. The third-order valence-corrected chi connectivity index (χ3v) is 5.04. The first-order chi connectivity index (χ1) is 12.6. The fourth-order valence-electron chi connectivity index (χ4n) is 3.86. The Balaban J connectivity index is 2.04. The molecule has 2 aromatic rings. The molecule has 0 radical (unpaired) electrons. The van der Waals surface area contributed by atoms with E-state index in [9.17, 15) is 9.90 Å². The second-order valence-corrected chi connectivity index (χ2v) is 6.96. The van der Waals surface area contributed by atoms with Gasteiger partial charge in [-0.05, 0) is 44.9 Å². The van der Waals surface area contributed by atoms with Crippen molar-refractivity contribution in [1.29, 1.82) is 0 Å². The molecule has 1 aliphatic heterocycles. The summed E-state index contributed by atoms with van der Waals surface area (Å²) in [5.41, 5.74) is 3.49. The molecule has 4 heteroatoms. The van der Waals surface area contributed by atoms with Gasteiger partial charge in [-0.1, -0.05) is 48.0 Å². The quantitative estimate of drug-likeness (QED) is 0.842. The maximum atomic E-state index is 11.6. The van der Waals surface area contributed by atoms with Crippen molar-refractivity contribution in [1.82, 2.24) is 4.90 Å². The highest BCUT2D eigenvalue weighted by molar-refractivity contribution is 5.70. The smallest absolute Gasteiger partial charge is 0.307 e. The first-order valence-corrected chi connectivity index (χ1v) is 9.35. The maximum Gasteiger partial charge on any atom is 0.307 e. The van der Waals surface area contributed by atoms with Crippen LogP contribution in [0.15, 0.2) is 48.5 Å². The molecule has 1 saturated heterocycles. The molecule has 3 rings (SSSR count). The molecule has 4 nitrogen and oxygen atoms in total. The van der Waals surface area contributed by atoms with Crippen LogP contribution in [0.5, 0.6) is 5.75 Å². The summed E-state index contributed by atoms with van der Waals surface area (Å²) in [6.45, 7) is 6.14. The van der Waals surface area contributed by atoms with E-state index >= 15 is 0 Å². The van der Waals surface area contributed by atoms with E-state index < -0.39 is 5.97 Å². The van der Waals surface area contributed by atoms with Crippen molar-refractivity contribution in [3.63, 3.8) is 0 Å². The number of likely N-dealkylation sites (tertiary alicyclic amines) is 1. The van der Waals surface area contributed by atoms with Crippen LogP contribution in [0.1, 0.15) is 42.5 Å². The number of rotatable bonds is 6. The highest BCUT2D eigenvalue weighted by Gasteiger charge is 2.32. The lowest BCUT2D eigenvalue weighted by atomic mass is 9.90. The van der Waals surface area contributed by atoms with Crippen LogP contribution in [0.2, 0.25) is 0 Å². The normalized spacial score (nSPS) is 19.1. The Hall–Kier alpha value is -2.33. The van der Waals surface area contributed by atoms with Gasteiger partial charge in [-0.15, -0.1) is 0 Å². The molecule has 0 spiro atoms. The Morgan fingerprint density at radius 2 is 2.08 bits per heavy atom. The van der Waals surface area contributed by atoms with Gasteiger partial charge in [0.05, 0.1) is 18.6 Å². The van der Waals surface area contributed by atoms with Crippen molar-refractivity contribution in [2.24, 2.45) is 5.92 Å². The molecule has 1 aliphatic rings. The van der Waals surface area contributed by atoms with Crippen LogP contribution in [0.25, 0.3) is 0 Å². The van der Waals surface area contributed by atoms with E-state index in [1.54, 1.807) is 0 Å². The Labute approximate surface area is 155 Å². The number of benzene rings is 2. The molecule has 26 heavy (non-hydrogen) atoms. The first-order valence-electron chi connectivity index (χ1n) is 9.35. The zero-order chi connectivity index (χ0) is 18.5. The summed E-state index contributed by atoms with van der Waals surface area (Å²) in [5, 5.41) is 9.51. The summed E-state index contributed by atoms with van der Waals surface area (Å²) < 4.78 is 5.89. The molecule has 0 aliphatic carbocycles. The minimum Gasteiger partial charge on any atom is -0.494 e. The lowest BCUT2D eigenvalue weighted by Gasteiger charge is -2.38. The van der Waals surface area contributed by atoms with Crippen molar-refractivity contribution in [2.45, 2.75) is 32.7 Å². The van der Waals surface area contributed by atoms with Crippen molar-refractivity contribution in [3.05, 3.63) is 65.2 Å². The minimum absolute atomic E-state index is 0.000185. The molecule has 0 aromatic heterocycles. The second-order valence-electron chi connectivity index (χ2n) is 6.96. The van der Waals surface area contributed by atoms with Gasteiger partial charge in [0.25, 0.3) is 0 Å². The van der Waals surface area contributed by atoms with Gasteiger partial charge in [-0.3, -0.25) is 9.69 Å². The molecular weight excluding hydrogens is 326 g/mol. The number of hydrogen-bond acceptors (Lipinski definition) is 3. The van der Waals surface area contributed by atoms with Gasteiger partial charge in [0.1, 0.15) is 5.75 Å². The predicted octanol–water partition coefficient (Wildman–Crippen LogP) is 4.28. The highest BCUT2D eigenvalue weighted by Crippen LogP contribution is 2.37. The molecular formula is C22H27NO3. The van der Waals surface area contributed by atoms with Crippen LogP contribution in [-0.2, 0) is 4.79 Å². The van der Waals surface area contributed by atoms with Gasteiger partial charge >= 0.3 is 5.97 Å². The number of piperidine rings is 1. The molecule has 1 N–H and O–H groups in total. The lowest BCUT2D eigenvalue weighted by Crippen LogP contribution is -2.41. The average molecular weight is 353 g/mol. The van der Waals surface area contributed by atoms with Crippen LogP contribution in [-0.4, -0.2) is 35.7 Å². The number of carbonyl (C=O) groups is 1.